The number of benzene rings is 2. The van der Waals surface area contributed by atoms with Gasteiger partial charge in [-0.15, -0.1) is 11.3 Å². The minimum absolute atomic E-state index is 0.329. The van der Waals surface area contributed by atoms with Crippen LogP contribution in [0.25, 0.3) is 17.2 Å². The first kappa shape index (κ1) is 20.1. The fraction of sp³-hybridized carbons (Fsp3) is 0.0476. The maximum absolute atomic E-state index is 12.3. The molecule has 0 atom stereocenters. The second kappa shape index (κ2) is 9.06. The zero-order valence-electron chi connectivity index (χ0n) is 14.7. The van der Waals surface area contributed by atoms with Crippen LogP contribution in [0.1, 0.15) is 15.9 Å². The molecule has 0 fully saturated rings. The Hall–Kier alpha value is -2.60. The maximum Gasteiger partial charge on any atom is 0.341 e. The average molecular weight is 432 g/mol. The Morgan fingerprint density at radius 2 is 1.82 bits per heavy atom. The summed E-state index contributed by atoms with van der Waals surface area (Å²) in [5.74, 6) is -0.887. The fourth-order valence-corrected chi connectivity index (χ4v) is 3.79. The molecule has 0 aliphatic carbocycles. The summed E-state index contributed by atoms with van der Waals surface area (Å²) in [5, 5.41) is 5.84. The van der Waals surface area contributed by atoms with E-state index in [0.717, 1.165) is 11.1 Å². The molecular formula is C21H15Cl2NO3S. The Morgan fingerprint density at radius 3 is 2.50 bits per heavy atom. The van der Waals surface area contributed by atoms with Crippen LogP contribution in [0.2, 0.25) is 10.0 Å². The van der Waals surface area contributed by atoms with Crippen LogP contribution in [0.15, 0.2) is 60.0 Å². The lowest BCUT2D eigenvalue weighted by molar-refractivity contribution is -0.111. The van der Waals surface area contributed by atoms with E-state index in [1.54, 1.807) is 24.3 Å². The van der Waals surface area contributed by atoms with Crippen molar-refractivity contribution >= 4 is 57.5 Å². The van der Waals surface area contributed by atoms with Crippen LogP contribution in [0.3, 0.4) is 0 Å². The van der Waals surface area contributed by atoms with Crippen LogP contribution in [0.5, 0.6) is 0 Å². The molecular weight excluding hydrogens is 417 g/mol. The van der Waals surface area contributed by atoms with Gasteiger partial charge in [0.15, 0.2) is 0 Å². The van der Waals surface area contributed by atoms with Crippen molar-refractivity contribution in [2.75, 3.05) is 12.4 Å². The van der Waals surface area contributed by atoms with Gasteiger partial charge in [0.1, 0.15) is 10.6 Å². The highest BCUT2D eigenvalue weighted by Gasteiger charge is 2.21. The number of halogens is 2. The molecule has 0 radical (unpaired) electrons. The first-order valence-corrected chi connectivity index (χ1v) is 9.82. The SMILES string of the molecule is COC(=O)c1c(-c2ccccc2)csc1NC(=O)/C=C/c1ccc(Cl)c(Cl)c1. The van der Waals surface area contributed by atoms with E-state index in [0.29, 0.717) is 26.2 Å². The van der Waals surface area contributed by atoms with E-state index in [-0.39, 0.29) is 5.91 Å². The molecule has 0 aliphatic heterocycles. The monoisotopic (exact) mass is 431 g/mol. The van der Waals surface area contributed by atoms with Gasteiger partial charge < -0.3 is 10.1 Å². The van der Waals surface area contributed by atoms with E-state index < -0.39 is 5.97 Å². The third-order valence-electron chi connectivity index (χ3n) is 3.87. The lowest BCUT2D eigenvalue weighted by Crippen LogP contribution is -2.11. The number of hydrogen-bond donors (Lipinski definition) is 1. The normalized spacial score (nSPS) is 10.8. The summed E-state index contributed by atoms with van der Waals surface area (Å²) in [6.07, 6.45) is 2.98. The number of thiophene rings is 1. The van der Waals surface area contributed by atoms with Crippen molar-refractivity contribution in [1.29, 1.82) is 0 Å². The van der Waals surface area contributed by atoms with Crippen LogP contribution in [-0.4, -0.2) is 19.0 Å². The minimum atomic E-state index is -0.510. The zero-order valence-corrected chi connectivity index (χ0v) is 17.1. The van der Waals surface area contributed by atoms with E-state index in [4.69, 9.17) is 27.9 Å². The van der Waals surface area contributed by atoms with Gasteiger partial charge in [0.25, 0.3) is 0 Å². The number of nitrogens with one attached hydrogen (secondary N) is 1. The molecule has 1 aromatic heterocycles. The molecule has 28 heavy (non-hydrogen) atoms. The van der Waals surface area contributed by atoms with Gasteiger partial charge in [-0.3, -0.25) is 4.79 Å². The third kappa shape index (κ3) is 4.62. The molecule has 2 aromatic carbocycles. The van der Waals surface area contributed by atoms with Crippen molar-refractivity contribution in [2.24, 2.45) is 0 Å². The highest BCUT2D eigenvalue weighted by Crippen LogP contribution is 2.36. The van der Waals surface area contributed by atoms with Gasteiger partial charge >= 0.3 is 5.97 Å². The van der Waals surface area contributed by atoms with Crippen molar-refractivity contribution in [3.8, 4) is 11.1 Å². The molecule has 1 amide bonds. The first-order valence-electron chi connectivity index (χ1n) is 8.19. The van der Waals surface area contributed by atoms with E-state index in [9.17, 15) is 9.59 Å². The summed E-state index contributed by atoms with van der Waals surface area (Å²) in [5.41, 5.74) is 2.64. The van der Waals surface area contributed by atoms with Crippen molar-refractivity contribution < 1.29 is 14.3 Å². The second-order valence-corrected chi connectivity index (χ2v) is 7.40. The Morgan fingerprint density at radius 1 is 1.07 bits per heavy atom. The molecule has 0 spiro atoms. The van der Waals surface area contributed by atoms with Gasteiger partial charge in [-0.25, -0.2) is 4.79 Å². The highest BCUT2D eigenvalue weighted by atomic mass is 35.5. The summed E-state index contributed by atoms with van der Waals surface area (Å²) in [6.45, 7) is 0. The molecule has 0 saturated heterocycles. The van der Waals surface area contributed by atoms with Gasteiger partial charge in [0, 0.05) is 17.0 Å². The second-order valence-electron chi connectivity index (χ2n) is 5.71. The number of hydrogen-bond acceptors (Lipinski definition) is 4. The van der Waals surface area contributed by atoms with Crippen LogP contribution in [0.4, 0.5) is 5.00 Å². The number of esters is 1. The smallest absolute Gasteiger partial charge is 0.341 e. The topological polar surface area (TPSA) is 55.4 Å². The predicted octanol–water partition coefficient (Wildman–Crippen LogP) is 6.16. The molecule has 7 heteroatoms. The fourth-order valence-electron chi connectivity index (χ4n) is 2.53. The zero-order chi connectivity index (χ0) is 20.1. The quantitative estimate of drug-likeness (QED) is 0.388. The molecule has 1 heterocycles. The van der Waals surface area contributed by atoms with Gasteiger partial charge in [-0.2, -0.15) is 0 Å². The summed E-state index contributed by atoms with van der Waals surface area (Å²) in [6, 6.07) is 14.5. The van der Waals surface area contributed by atoms with Crippen LogP contribution in [0, 0.1) is 0 Å². The van der Waals surface area contributed by atoms with Gasteiger partial charge in [-0.1, -0.05) is 59.6 Å². The standard InChI is InChI=1S/C21H15Cl2NO3S/c1-27-21(26)19-15(14-5-3-2-4-6-14)12-28-20(19)24-18(25)10-8-13-7-9-16(22)17(23)11-13/h2-12H,1H3,(H,24,25)/b10-8+. The molecule has 3 rings (SSSR count). The van der Waals surface area contributed by atoms with Gasteiger partial charge in [-0.05, 0) is 29.3 Å². The largest absolute Gasteiger partial charge is 0.465 e. The molecule has 0 unspecified atom stereocenters. The highest BCUT2D eigenvalue weighted by molar-refractivity contribution is 7.15. The molecule has 1 N–H and O–H groups in total. The van der Waals surface area contributed by atoms with E-state index in [1.165, 1.54) is 24.5 Å². The lowest BCUT2D eigenvalue weighted by atomic mass is 10.0. The van der Waals surface area contributed by atoms with Crippen molar-refractivity contribution in [3.63, 3.8) is 0 Å². The summed E-state index contributed by atoms with van der Waals surface area (Å²) in [4.78, 5) is 24.7. The Kier molecular flexibility index (Phi) is 6.52. The Labute approximate surface area is 176 Å². The van der Waals surface area contributed by atoms with Gasteiger partial charge in [0.2, 0.25) is 5.91 Å². The average Bonchev–Trinajstić information content (AvgIpc) is 3.12. The molecule has 4 nitrogen and oxygen atoms in total. The van der Waals surface area contributed by atoms with Crippen LogP contribution in [-0.2, 0) is 9.53 Å². The number of ether oxygens (including phenoxy) is 1. The predicted molar refractivity (Wildman–Crippen MR) is 115 cm³/mol. The number of rotatable bonds is 5. The van der Waals surface area contributed by atoms with Crippen molar-refractivity contribution in [2.45, 2.75) is 0 Å². The van der Waals surface area contributed by atoms with Crippen molar-refractivity contribution in [1.82, 2.24) is 0 Å². The number of carbonyl (C=O) groups excluding carboxylic acids is 2. The molecule has 0 aliphatic rings. The lowest BCUT2D eigenvalue weighted by Gasteiger charge is -2.06. The Bertz CT molecular complexity index is 1050. The van der Waals surface area contributed by atoms with Crippen LogP contribution < -0.4 is 5.32 Å². The number of anilines is 1. The van der Waals surface area contributed by atoms with Crippen LogP contribution >= 0.6 is 34.5 Å². The Balaban J connectivity index is 1.84. The van der Waals surface area contributed by atoms with E-state index in [1.807, 2.05) is 35.7 Å². The number of methoxy groups -OCH3 is 1. The summed E-state index contributed by atoms with van der Waals surface area (Å²) in [7, 11) is 1.31. The van der Waals surface area contributed by atoms with E-state index >= 15 is 0 Å². The summed E-state index contributed by atoms with van der Waals surface area (Å²) >= 11 is 13.1. The number of amides is 1. The molecule has 0 saturated carbocycles. The van der Waals surface area contributed by atoms with Crippen molar-refractivity contribution in [3.05, 3.63) is 81.2 Å². The first-order chi connectivity index (χ1) is 13.5. The number of carbonyl (C=O) groups is 2. The minimum Gasteiger partial charge on any atom is -0.465 e. The molecule has 142 valence electrons. The van der Waals surface area contributed by atoms with Gasteiger partial charge in [0.05, 0.1) is 17.2 Å². The molecule has 0 bridgehead atoms. The maximum atomic E-state index is 12.3. The van der Waals surface area contributed by atoms with E-state index in [2.05, 4.69) is 5.32 Å². The third-order valence-corrected chi connectivity index (χ3v) is 5.51. The molecule has 3 aromatic rings. The summed E-state index contributed by atoms with van der Waals surface area (Å²) < 4.78 is 4.90.